The first-order chi connectivity index (χ1) is 4.63. The fourth-order valence-electron chi connectivity index (χ4n) is 0.427. The minimum atomic E-state index is -2.25. The third-order valence-corrected chi connectivity index (χ3v) is 2.14. The fourth-order valence-corrected chi connectivity index (χ4v) is 1.11. The summed E-state index contributed by atoms with van der Waals surface area (Å²) in [6.07, 6.45) is -0.330. The first kappa shape index (κ1) is 10.4. The van der Waals surface area contributed by atoms with Crippen molar-refractivity contribution in [2.75, 3.05) is 25.1 Å². The first-order valence-corrected chi connectivity index (χ1v) is 5.64. The van der Waals surface area contributed by atoms with E-state index in [9.17, 15) is 8.78 Å². The van der Waals surface area contributed by atoms with Crippen molar-refractivity contribution in [1.82, 2.24) is 5.32 Å². The molecule has 1 nitrogen and oxygen atoms in total. The summed E-state index contributed by atoms with van der Waals surface area (Å²) in [7, 11) is -0.0543. The Balaban J connectivity index is 2.98. The molecule has 0 aromatic rings. The van der Waals surface area contributed by atoms with Crippen molar-refractivity contribution >= 4 is 20.6 Å². The zero-order valence-corrected chi connectivity index (χ0v) is 7.40. The van der Waals surface area contributed by atoms with Crippen LogP contribution in [0.2, 0.25) is 0 Å². The molecule has 10 heavy (non-hydrogen) atoms. The van der Waals surface area contributed by atoms with Gasteiger partial charge in [-0.3, -0.25) is 0 Å². The van der Waals surface area contributed by atoms with Crippen molar-refractivity contribution < 1.29 is 8.78 Å². The highest BCUT2D eigenvalue weighted by Crippen LogP contribution is 1.86. The van der Waals surface area contributed by atoms with Crippen molar-refractivity contribution in [1.29, 1.82) is 0 Å². The molecule has 0 saturated carbocycles. The molecule has 0 radical (unpaired) electrons. The van der Waals surface area contributed by atoms with Crippen LogP contribution in [-0.2, 0) is 20.6 Å². The maximum absolute atomic E-state index is 11.5. The molecular formula is C5H11F2NS2. The monoisotopic (exact) mass is 187 g/mol. The van der Waals surface area contributed by atoms with Gasteiger partial charge in [0.15, 0.2) is 0 Å². The molecule has 0 heterocycles. The van der Waals surface area contributed by atoms with E-state index in [4.69, 9.17) is 11.2 Å². The lowest BCUT2D eigenvalue weighted by atomic mass is 10.6. The molecule has 0 aromatic heterocycles. The Bertz CT molecular complexity index is 108. The second kappa shape index (κ2) is 6.12. The number of halogens is 2. The molecule has 0 fully saturated rings. The Labute approximate surface area is 66.8 Å². The molecule has 0 aliphatic rings. The van der Waals surface area contributed by atoms with Crippen LogP contribution >= 0.6 is 0 Å². The normalized spacial score (nSPS) is 14.0. The van der Waals surface area contributed by atoms with Gasteiger partial charge in [0.2, 0.25) is 0 Å². The van der Waals surface area contributed by atoms with E-state index in [2.05, 4.69) is 5.32 Å². The molecule has 62 valence electrons. The van der Waals surface area contributed by atoms with Crippen LogP contribution in [0, 0.1) is 0 Å². The molecular weight excluding hydrogens is 176 g/mol. The molecule has 5 heteroatoms. The molecule has 1 unspecified atom stereocenters. The summed E-state index contributed by atoms with van der Waals surface area (Å²) in [5, 5.41) is 2.61. The maximum Gasteiger partial charge on any atom is 0.250 e. The van der Waals surface area contributed by atoms with Crippen molar-refractivity contribution in [2.45, 2.75) is 6.43 Å². The minimum absolute atomic E-state index is 0.0543. The van der Waals surface area contributed by atoms with E-state index in [0.29, 0.717) is 6.54 Å². The van der Waals surface area contributed by atoms with Gasteiger partial charge in [0.25, 0.3) is 6.43 Å². The van der Waals surface area contributed by atoms with Gasteiger partial charge >= 0.3 is 0 Å². The van der Waals surface area contributed by atoms with E-state index in [1.165, 1.54) is 0 Å². The van der Waals surface area contributed by atoms with Gasteiger partial charge in [-0.2, -0.15) is 0 Å². The van der Waals surface area contributed by atoms with E-state index in [1.54, 1.807) is 0 Å². The van der Waals surface area contributed by atoms with Crippen LogP contribution in [0.5, 0.6) is 0 Å². The van der Waals surface area contributed by atoms with Crippen LogP contribution in [0.1, 0.15) is 0 Å². The zero-order chi connectivity index (χ0) is 7.98. The van der Waals surface area contributed by atoms with E-state index in [1.807, 2.05) is 6.26 Å². The largest absolute Gasteiger partial charge is 0.311 e. The molecule has 0 rings (SSSR count). The summed E-state index contributed by atoms with van der Waals surface area (Å²) in [4.78, 5) is 0. The predicted molar refractivity (Wildman–Crippen MR) is 44.4 cm³/mol. The molecule has 0 aromatic carbocycles. The van der Waals surface area contributed by atoms with Gasteiger partial charge in [-0.05, 0) is 6.26 Å². The number of hydrogen-bond donors (Lipinski definition) is 1. The highest BCUT2D eigenvalue weighted by Gasteiger charge is 1.98. The van der Waals surface area contributed by atoms with Crippen molar-refractivity contribution in [2.24, 2.45) is 0 Å². The topological polar surface area (TPSA) is 12.0 Å². The lowest BCUT2D eigenvalue weighted by Crippen LogP contribution is -2.25. The van der Waals surface area contributed by atoms with E-state index < -0.39 is 6.43 Å². The highest BCUT2D eigenvalue weighted by molar-refractivity contribution is 8.28. The summed E-state index contributed by atoms with van der Waals surface area (Å²) in [6.45, 7) is 0.389. The van der Waals surface area contributed by atoms with Crippen molar-refractivity contribution in [3.63, 3.8) is 0 Å². The lowest BCUT2D eigenvalue weighted by molar-refractivity contribution is 0.147. The Hall–Kier alpha value is 0.390. The maximum atomic E-state index is 11.5. The predicted octanol–water partition coefficient (Wildman–Crippen LogP) is 0.551. The Kier molecular flexibility index (Phi) is 6.36. The summed E-state index contributed by atoms with van der Waals surface area (Å²) in [5.41, 5.74) is 0. The average molecular weight is 187 g/mol. The average Bonchev–Trinajstić information content (AvgIpc) is 1.79. The van der Waals surface area contributed by atoms with E-state index >= 15 is 0 Å². The molecule has 0 bridgehead atoms. The third kappa shape index (κ3) is 8.39. The highest BCUT2D eigenvalue weighted by atomic mass is 32.8. The minimum Gasteiger partial charge on any atom is -0.311 e. The number of rotatable bonds is 5. The van der Waals surface area contributed by atoms with Gasteiger partial charge in [0.05, 0.1) is 6.54 Å². The Morgan fingerprint density at radius 2 is 2.20 bits per heavy atom. The fraction of sp³-hybridized carbons (Fsp3) is 1.00. The number of nitrogens with one attached hydrogen (secondary N) is 1. The summed E-state index contributed by atoms with van der Waals surface area (Å²) < 4.78 is 22.9. The van der Waals surface area contributed by atoms with E-state index in [-0.39, 0.29) is 16.0 Å². The number of hydrogen-bond acceptors (Lipinski definition) is 2. The van der Waals surface area contributed by atoms with Crippen LogP contribution in [0.4, 0.5) is 8.78 Å². The number of alkyl halides is 2. The van der Waals surface area contributed by atoms with Crippen LogP contribution in [0.3, 0.4) is 0 Å². The molecule has 0 aliphatic heterocycles. The lowest BCUT2D eigenvalue weighted by Gasteiger charge is -2.01. The molecule has 0 amide bonds. The zero-order valence-electron chi connectivity index (χ0n) is 5.77. The SMILES string of the molecule is CS(=S)CCNCC(F)F. The van der Waals surface area contributed by atoms with Gasteiger partial charge < -0.3 is 5.32 Å². The van der Waals surface area contributed by atoms with Crippen LogP contribution in [-0.4, -0.2) is 31.5 Å². The Morgan fingerprint density at radius 1 is 1.60 bits per heavy atom. The second-order valence-corrected chi connectivity index (χ2v) is 5.13. The van der Waals surface area contributed by atoms with Gasteiger partial charge in [-0.15, -0.1) is 9.45 Å². The quantitative estimate of drug-likeness (QED) is 0.631. The molecule has 0 aliphatic carbocycles. The molecule has 0 saturated heterocycles. The summed E-state index contributed by atoms with van der Waals surface area (Å²) in [6, 6.07) is 0. The Morgan fingerprint density at radius 3 is 2.60 bits per heavy atom. The first-order valence-electron chi connectivity index (χ1n) is 2.92. The third-order valence-electron chi connectivity index (χ3n) is 0.865. The molecule has 0 spiro atoms. The summed E-state index contributed by atoms with van der Waals surface area (Å²) >= 11 is 4.86. The van der Waals surface area contributed by atoms with Crippen molar-refractivity contribution in [3.05, 3.63) is 0 Å². The molecule has 1 N–H and O–H groups in total. The van der Waals surface area contributed by atoms with Gasteiger partial charge in [0, 0.05) is 12.3 Å². The smallest absolute Gasteiger partial charge is 0.250 e. The summed E-state index contributed by atoms with van der Waals surface area (Å²) in [5.74, 6) is 0.808. The van der Waals surface area contributed by atoms with Gasteiger partial charge in [-0.25, -0.2) is 8.78 Å². The molecule has 1 atom stereocenters. The van der Waals surface area contributed by atoms with Crippen molar-refractivity contribution in [3.8, 4) is 0 Å². The van der Waals surface area contributed by atoms with Crippen LogP contribution in [0.25, 0.3) is 0 Å². The standard InChI is InChI=1S/C5H11F2NS2/c1-10(9)3-2-8-4-5(6)7/h5,8H,2-4H2,1H3. The van der Waals surface area contributed by atoms with Crippen LogP contribution < -0.4 is 5.32 Å². The second-order valence-electron chi connectivity index (χ2n) is 1.87. The van der Waals surface area contributed by atoms with E-state index in [0.717, 1.165) is 5.75 Å². The van der Waals surface area contributed by atoms with Crippen LogP contribution in [0.15, 0.2) is 0 Å². The van der Waals surface area contributed by atoms with Gasteiger partial charge in [0.1, 0.15) is 0 Å². The van der Waals surface area contributed by atoms with Gasteiger partial charge in [-0.1, -0.05) is 11.2 Å².